The van der Waals surface area contributed by atoms with Crippen LogP contribution in [-0.2, 0) is 0 Å². The van der Waals surface area contributed by atoms with E-state index >= 15 is 0 Å². The Morgan fingerprint density at radius 2 is 0.426 bits per heavy atom. The molecular weight excluding hydrogens is 1770 g/mol. The van der Waals surface area contributed by atoms with Crippen LogP contribution >= 0.6 is 34.0 Å². The molecule has 662 valence electrons. The first-order chi connectivity index (χ1) is 69.9. The summed E-state index contributed by atoms with van der Waals surface area (Å²) in [4.78, 5) is 7.12. The van der Waals surface area contributed by atoms with Gasteiger partial charge < -0.3 is 28.0 Å². The summed E-state index contributed by atoms with van der Waals surface area (Å²) in [5.41, 5.74) is 27.2. The molecule has 0 amide bonds. The summed E-state index contributed by atoms with van der Waals surface area (Å²) in [6, 6.07) is 181. The summed E-state index contributed by atoms with van der Waals surface area (Å²) in [7, 11) is 0. The van der Waals surface area contributed by atoms with Crippen LogP contribution < -0.4 is 14.7 Å². The Morgan fingerprint density at radius 3 is 0.879 bits per heavy atom. The normalized spacial score (nSPS) is 11.7. The van der Waals surface area contributed by atoms with Gasteiger partial charge in [-0.15, -0.1) is 34.0 Å². The molecule has 0 saturated carbocycles. The number of fused-ring (bicyclic) bond motifs is 21. The third-order valence-corrected chi connectivity index (χ3v) is 31.3. The molecule has 9 heteroatoms. The zero-order valence-corrected chi connectivity index (χ0v) is 78.7. The van der Waals surface area contributed by atoms with Gasteiger partial charge in [-0.2, -0.15) is 0 Å². The van der Waals surface area contributed by atoms with Crippen LogP contribution in [0.5, 0.6) is 0 Å². The Labute approximate surface area is 824 Å². The largest absolute Gasteiger partial charge is 0.456 e. The molecule has 0 atom stereocenters. The zero-order chi connectivity index (χ0) is 93.0. The summed E-state index contributed by atoms with van der Waals surface area (Å²) in [6.45, 7) is 0. The van der Waals surface area contributed by atoms with Gasteiger partial charge in [0.1, 0.15) is 22.3 Å². The maximum absolute atomic E-state index is 6.63. The Hall–Kier alpha value is -17.7. The molecule has 0 aliphatic rings. The lowest BCUT2D eigenvalue weighted by Crippen LogP contribution is -2.11. The Kier molecular flexibility index (Phi) is 20.4. The lowest BCUT2D eigenvalue weighted by Gasteiger charge is -2.28. The summed E-state index contributed by atoms with van der Waals surface area (Å²) in [5.74, 6) is 0. The van der Waals surface area contributed by atoms with Crippen molar-refractivity contribution in [1.82, 2.24) is 0 Å². The molecular formula is C132H83N3O3S3. The molecule has 29 rings (SSSR count). The second-order valence-electron chi connectivity index (χ2n) is 35.9. The van der Waals surface area contributed by atoms with Crippen LogP contribution in [0.25, 0.3) is 214 Å². The number of anilines is 9. The number of para-hydroxylation sites is 6. The lowest BCUT2D eigenvalue weighted by atomic mass is 9.95. The predicted molar refractivity (Wildman–Crippen MR) is 604 cm³/mol. The summed E-state index contributed by atoms with van der Waals surface area (Å²) >= 11 is 5.57. The topological polar surface area (TPSA) is 49.1 Å². The van der Waals surface area contributed by atoms with Crippen LogP contribution in [0.1, 0.15) is 0 Å². The highest BCUT2D eigenvalue weighted by molar-refractivity contribution is 7.26. The van der Waals surface area contributed by atoms with Crippen molar-refractivity contribution >= 4 is 244 Å². The second kappa shape index (κ2) is 34.8. The molecule has 6 aromatic heterocycles. The summed E-state index contributed by atoms with van der Waals surface area (Å²) in [5, 5.41) is 21.8. The van der Waals surface area contributed by atoms with Crippen LogP contribution in [0.15, 0.2) is 517 Å². The summed E-state index contributed by atoms with van der Waals surface area (Å²) in [6.07, 6.45) is 0. The second-order valence-corrected chi connectivity index (χ2v) is 39.2. The highest BCUT2D eigenvalue weighted by Gasteiger charge is 2.28. The van der Waals surface area contributed by atoms with Gasteiger partial charge in [-0.1, -0.05) is 352 Å². The Bertz CT molecular complexity index is 9920. The van der Waals surface area contributed by atoms with Gasteiger partial charge >= 0.3 is 0 Å². The number of benzene rings is 23. The van der Waals surface area contributed by atoms with Gasteiger partial charge in [-0.25, -0.2) is 0 Å². The molecule has 0 unspecified atom stereocenters. The van der Waals surface area contributed by atoms with E-state index in [1.165, 1.54) is 148 Å². The fourth-order valence-electron chi connectivity index (χ4n) is 21.2. The minimum absolute atomic E-state index is 0.874. The van der Waals surface area contributed by atoms with E-state index in [0.29, 0.717) is 0 Å². The molecule has 0 bridgehead atoms. The van der Waals surface area contributed by atoms with Crippen molar-refractivity contribution in [3.8, 4) is 55.6 Å². The molecule has 0 aliphatic carbocycles. The van der Waals surface area contributed by atoms with Crippen molar-refractivity contribution in [2.75, 3.05) is 14.7 Å². The first-order valence-electron chi connectivity index (χ1n) is 47.7. The number of furan rings is 3. The fourth-order valence-corrected chi connectivity index (χ4v) is 24.5. The van der Waals surface area contributed by atoms with Crippen LogP contribution in [-0.4, -0.2) is 0 Å². The zero-order valence-electron chi connectivity index (χ0n) is 76.2. The van der Waals surface area contributed by atoms with E-state index in [2.05, 4.69) is 488 Å². The molecule has 0 saturated heterocycles. The molecule has 0 spiro atoms. The summed E-state index contributed by atoms with van der Waals surface area (Å²) < 4.78 is 27.2. The quantitative estimate of drug-likeness (QED) is 0.108. The number of thiophene rings is 3. The molecule has 0 fully saturated rings. The average molecular weight is 1860 g/mol. The minimum Gasteiger partial charge on any atom is -0.456 e. The van der Waals surface area contributed by atoms with Crippen LogP contribution in [0.2, 0.25) is 0 Å². The van der Waals surface area contributed by atoms with E-state index in [9.17, 15) is 0 Å². The third-order valence-electron chi connectivity index (χ3n) is 27.8. The van der Waals surface area contributed by atoms with E-state index in [1.54, 1.807) is 0 Å². The maximum atomic E-state index is 6.63. The molecule has 0 radical (unpaired) electrons. The Balaban J connectivity index is 0.000000106. The van der Waals surface area contributed by atoms with Crippen molar-refractivity contribution in [2.24, 2.45) is 0 Å². The van der Waals surface area contributed by atoms with Crippen molar-refractivity contribution in [3.05, 3.63) is 504 Å². The third kappa shape index (κ3) is 14.6. The van der Waals surface area contributed by atoms with E-state index in [0.717, 1.165) is 117 Å². The average Bonchev–Trinajstić information content (AvgIpc) is 1.53. The highest BCUT2D eigenvalue weighted by atomic mass is 32.1. The number of rotatable bonds is 14. The van der Waals surface area contributed by atoms with Gasteiger partial charge in [0.15, 0.2) is 11.2 Å². The molecule has 6 nitrogen and oxygen atoms in total. The standard InChI is InChI=1S/2C46H29NOS.C40H25NOS/c1-2-11-30(12-3-1)31-21-24-33(25-22-31)47(42-18-10-17-39-37-15-6-8-19-43(37)48-46(39)42)41-27-26-34(35-13-4-5-14-36(35)41)32-23-28-45-40(29-32)38-16-7-9-20-44(38)49-45;1-2-10-30(11-3-1)31-18-21-33(22-19-31)47(34-23-24-40-39-15-7-9-17-45(39)49-46(40)29-34)42-26-25-35(36-12-4-5-13-37(36)42)32-20-27-44-41(28-32)38-14-6-8-16-43(38)48-44;1-2-11-27(12-3-1)41(36-18-10-17-33-31-15-6-8-19-37(31)42-40(33)36)35-23-22-28(29-13-4-5-14-30(29)35)26-21-24-39-34(25-26)32-16-7-9-20-38(32)43-39/h2*1-29H;1-25H. The van der Waals surface area contributed by atoms with Gasteiger partial charge in [0.2, 0.25) is 0 Å². The molecule has 29 aromatic rings. The molecule has 6 heterocycles. The lowest BCUT2D eigenvalue weighted by molar-refractivity contribution is 0.668. The number of hydrogen-bond donors (Lipinski definition) is 0. The first-order valence-corrected chi connectivity index (χ1v) is 50.2. The molecule has 0 aliphatic heterocycles. The maximum Gasteiger partial charge on any atom is 0.159 e. The molecule has 0 N–H and O–H groups in total. The SMILES string of the molecule is c1ccc(-c2ccc(N(c3ccc(-c4ccc5sc6ccccc6c5c4)c4ccccc34)c3cccc4c3oc3ccccc34)cc2)cc1.c1ccc(-c2ccc(N(c3ccc4c(c3)sc3ccccc34)c3ccc(-c4ccc5oc6ccccc6c5c4)c4ccccc34)cc2)cc1.c1ccc(N(c2ccc(-c3ccc4sc5ccccc5c4c3)c3ccccc23)c2cccc3c2oc2ccccc23)cc1. The van der Waals surface area contributed by atoms with Crippen molar-refractivity contribution in [3.63, 3.8) is 0 Å². The van der Waals surface area contributed by atoms with Gasteiger partial charge in [0.25, 0.3) is 0 Å². The van der Waals surface area contributed by atoms with E-state index in [4.69, 9.17) is 13.3 Å². The van der Waals surface area contributed by atoms with Gasteiger partial charge in [-0.3, -0.25) is 0 Å². The van der Waals surface area contributed by atoms with E-state index < -0.39 is 0 Å². The van der Waals surface area contributed by atoms with E-state index in [-0.39, 0.29) is 0 Å². The van der Waals surface area contributed by atoms with Gasteiger partial charge in [0.05, 0.1) is 28.4 Å². The van der Waals surface area contributed by atoms with Crippen molar-refractivity contribution in [2.45, 2.75) is 0 Å². The highest BCUT2D eigenvalue weighted by Crippen LogP contribution is 2.53. The smallest absolute Gasteiger partial charge is 0.159 e. The number of hydrogen-bond acceptors (Lipinski definition) is 9. The van der Waals surface area contributed by atoms with Crippen LogP contribution in [0.3, 0.4) is 0 Å². The molecule has 141 heavy (non-hydrogen) atoms. The van der Waals surface area contributed by atoms with E-state index in [1.807, 2.05) is 64.3 Å². The molecule has 23 aromatic carbocycles. The minimum atomic E-state index is 0.874. The van der Waals surface area contributed by atoms with Gasteiger partial charge in [0, 0.05) is 132 Å². The Morgan fingerprint density at radius 1 is 0.135 bits per heavy atom. The van der Waals surface area contributed by atoms with Crippen molar-refractivity contribution in [1.29, 1.82) is 0 Å². The van der Waals surface area contributed by atoms with Crippen LogP contribution in [0.4, 0.5) is 51.2 Å². The first kappa shape index (κ1) is 82.7. The monoisotopic (exact) mass is 1850 g/mol. The number of nitrogens with zero attached hydrogens (tertiary/aromatic N) is 3. The fraction of sp³-hybridized carbons (Fsp3) is 0. The predicted octanol–water partition coefficient (Wildman–Crippen LogP) is 40.1. The van der Waals surface area contributed by atoms with Gasteiger partial charge in [-0.05, 0) is 223 Å². The van der Waals surface area contributed by atoms with Crippen LogP contribution in [0, 0.1) is 0 Å². The van der Waals surface area contributed by atoms with Crippen molar-refractivity contribution < 1.29 is 13.3 Å².